The van der Waals surface area contributed by atoms with Crippen LogP contribution >= 0.6 is 0 Å². The van der Waals surface area contributed by atoms with Gasteiger partial charge in [0.15, 0.2) is 0 Å². The third-order valence-electron chi connectivity index (χ3n) is 4.72. The number of nitrogens with one attached hydrogen (secondary N) is 2. The van der Waals surface area contributed by atoms with Crippen molar-refractivity contribution in [2.75, 3.05) is 32.9 Å². The van der Waals surface area contributed by atoms with Gasteiger partial charge < -0.3 is 10.2 Å². The number of sulfonamides is 1. The van der Waals surface area contributed by atoms with Crippen molar-refractivity contribution in [1.29, 1.82) is 0 Å². The van der Waals surface area contributed by atoms with E-state index in [0.717, 1.165) is 32.2 Å². The number of hydrogen-bond acceptors (Lipinski definition) is 4. The van der Waals surface area contributed by atoms with Crippen LogP contribution in [-0.2, 0) is 20.2 Å². The van der Waals surface area contributed by atoms with Gasteiger partial charge in [-0.15, -0.1) is 0 Å². The van der Waals surface area contributed by atoms with Crippen LogP contribution in [0.3, 0.4) is 0 Å². The minimum absolute atomic E-state index is 0.103. The Morgan fingerprint density at radius 2 is 1.83 bits per heavy atom. The maximum atomic E-state index is 12.3. The molecular weight excluding hydrogens is 326 g/mol. The van der Waals surface area contributed by atoms with Gasteiger partial charge in [-0.1, -0.05) is 30.3 Å². The van der Waals surface area contributed by atoms with Crippen molar-refractivity contribution in [2.24, 2.45) is 0 Å². The summed E-state index contributed by atoms with van der Waals surface area (Å²) in [5, 5.41) is 2.94. The molecular formula is C17H27N3O3S. The minimum atomic E-state index is -3.40. The Hall–Kier alpha value is -1.44. The molecule has 134 valence electrons. The molecule has 1 saturated heterocycles. The van der Waals surface area contributed by atoms with Crippen LogP contribution in [0.25, 0.3) is 0 Å². The molecule has 24 heavy (non-hydrogen) atoms. The summed E-state index contributed by atoms with van der Waals surface area (Å²) < 4.78 is 24.9. The molecule has 1 atom stereocenters. The van der Waals surface area contributed by atoms with Crippen LogP contribution in [0.5, 0.6) is 0 Å². The maximum Gasteiger partial charge on any atom is 0.237 e. The molecule has 0 radical (unpaired) electrons. The van der Waals surface area contributed by atoms with E-state index in [2.05, 4.69) is 34.1 Å². The second-order valence-corrected chi connectivity index (χ2v) is 8.56. The van der Waals surface area contributed by atoms with E-state index in [1.54, 1.807) is 6.92 Å². The Morgan fingerprint density at radius 3 is 2.38 bits per heavy atom. The molecule has 0 unspecified atom stereocenters. The lowest BCUT2D eigenvalue weighted by molar-refractivity contribution is -0.122. The molecule has 1 amide bonds. The SMILES string of the molecule is C[C@H](NS(C)(=O)=O)C(=O)NCC1(c2ccccc2)CCN(C)CC1. The Bertz CT molecular complexity index is 653. The van der Waals surface area contributed by atoms with Gasteiger partial charge in [0.1, 0.15) is 0 Å². The largest absolute Gasteiger partial charge is 0.354 e. The zero-order chi connectivity index (χ0) is 17.8. The number of likely N-dealkylation sites (tertiary alicyclic amines) is 1. The highest BCUT2D eigenvalue weighted by molar-refractivity contribution is 7.88. The smallest absolute Gasteiger partial charge is 0.237 e. The molecule has 0 saturated carbocycles. The molecule has 2 rings (SSSR count). The Labute approximate surface area is 144 Å². The topological polar surface area (TPSA) is 78.5 Å². The van der Waals surface area contributed by atoms with E-state index in [-0.39, 0.29) is 11.3 Å². The van der Waals surface area contributed by atoms with Crippen LogP contribution < -0.4 is 10.0 Å². The average molecular weight is 353 g/mol. The van der Waals surface area contributed by atoms with Gasteiger partial charge in [-0.2, -0.15) is 0 Å². The summed E-state index contributed by atoms with van der Waals surface area (Å²) in [7, 11) is -1.30. The molecule has 1 fully saturated rings. The Kier molecular flexibility index (Phi) is 6.01. The summed E-state index contributed by atoms with van der Waals surface area (Å²) in [5.41, 5.74) is 1.12. The highest BCUT2D eigenvalue weighted by atomic mass is 32.2. The number of amides is 1. The van der Waals surface area contributed by atoms with E-state index in [9.17, 15) is 13.2 Å². The van der Waals surface area contributed by atoms with Crippen molar-refractivity contribution in [3.05, 3.63) is 35.9 Å². The van der Waals surface area contributed by atoms with E-state index < -0.39 is 16.1 Å². The number of carbonyl (C=O) groups excluding carboxylic acids is 1. The summed E-state index contributed by atoms with van der Waals surface area (Å²) in [5.74, 6) is -0.297. The summed E-state index contributed by atoms with van der Waals surface area (Å²) in [6.07, 6.45) is 2.97. The predicted octanol–water partition coefficient (Wildman–Crippen LogP) is 0.704. The summed E-state index contributed by atoms with van der Waals surface area (Å²) in [6, 6.07) is 9.46. The molecule has 1 aromatic rings. The highest BCUT2D eigenvalue weighted by Crippen LogP contribution is 2.34. The first-order valence-corrected chi connectivity index (χ1v) is 10.1. The van der Waals surface area contributed by atoms with E-state index in [1.807, 2.05) is 18.2 Å². The fourth-order valence-corrected chi connectivity index (χ4v) is 3.94. The third-order valence-corrected chi connectivity index (χ3v) is 5.50. The highest BCUT2D eigenvalue weighted by Gasteiger charge is 2.36. The molecule has 0 bridgehead atoms. The first kappa shape index (κ1) is 18.9. The summed E-state index contributed by atoms with van der Waals surface area (Å²) in [4.78, 5) is 14.5. The number of benzene rings is 1. The molecule has 6 nitrogen and oxygen atoms in total. The van der Waals surface area contributed by atoms with Crippen LogP contribution in [0.4, 0.5) is 0 Å². The van der Waals surface area contributed by atoms with Crippen LogP contribution in [0, 0.1) is 0 Å². The molecule has 1 heterocycles. The Balaban J connectivity index is 2.08. The van der Waals surface area contributed by atoms with Gasteiger partial charge in [0.2, 0.25) is 15.9 Å². The van der Waals surface area contributed by atoms with E-state index in [4.69, 9.17) is 0 Å². The van der Waals surface area contributed by atoms with Crippen LogP contribution in [0.1, 0.15) is 25.3 Å². The van der Waals surface area contributed by atoms with Gasteiger partial charge in [0.05, 0.1) is 12.3 Å². The molecule has 7 heteroatoms. The number of rotatable bonds is 6. The van der Waals surface area contributed by atoms with Crippen molar-refractivity contribution < 1.29 is 13.2 Å². The second-order valence-electron chi connectivity index (χ2n) is 6.78. The Morgan fingerprint density at radius 1 is 1.25 bits per heavy atom. The van der Waals surface area contributed by atoms with Crippen molar-refractivity contribution in [2.45, 2.75) is 31.2 Å². The summed E-state index contributed by atoms with van der Waals surface area (Å²) >= 11 is 0. The van der Waals surface area contributed by atoms with Crippen LogP contribution in [-0.4, -0.2) is 58.2 Å². The van der Waals surface area contributed by atoms with E-state index in [0.29, 0.717) is 6.54 Å². The average Bonchev–Trinajstić information content (AvgIpc) is 2.53. The fraction of sp³-hybridized carbons (Fsp3) is 0.588. The van der Waals surface area contributed by atoms with Crippen molar-refractivity contribution >= 4 is 15.9 Å². The molecule has 0 aromatic heterocycles. The molecule has 0 spiro atoms. The lowest BCUT2D eigenvalue weighted by Crippen LogP contribution is -2.51. The van der Waals surface area contributed by atoms with Gasteiger partial charge in [0, 0.05) is 12.0 Å². The van der Waals surface area contributed by atoms with Crippen molar-refractivity contribution in [3.8, 4) is 0 Å². The molecule has 1 aromatic carbocycles. The van der Waals surface area contributed by atoms with Gasteiger partial charge in [-0.05, 0) is 45.5 Å². The number of piperidine rings is 1. The standard InChI is InChI=1S/C17H27N3O3S/c1-14(19-24(3,22)23)16(21)18-13-17(9-11-20(2)12-10-17)15-7-5-4-6-8-15/h4-8,14,19H,9-13H2,1-3H3,(H,18,21)/t14-/m0/s1. The molecule has 1 aliphatic rings. The third kappa shape index (κ3) is 5.03. The van der Waals surface area contributed by atoms with Gasteiger partial charge in [-0.3, -0.25) is 4.79 Å². The zero-order valence-electron chi connectivity index (χ0n) is 14.6. The maximum absolute atomic E-state index is 12.3. The number of nitrogens with zero attached hydrogens (tertiary/aromatic N) is 1. The first-order valence-electron chi connectivity index (χ1n) is 8.21. The quantitative estimate of drug-likeness (QED) is 0.789. The van der Waals surface area contributed by atoms with Gasteiger partial charge in [0.25, 0.3) is 0 Å². The van der Waals surface area contributed by atoms with E-state index >= 15 is 0 Å². The second kappa shape index (κ2) is 7.63. The normalized spacial score (nSPS) is 19.6. The lowest BCUT2D eigenvalue weighted by atomic mass is 9.72. The van der Waals surface area contributed by atoms with Crippen LogP contribution in [0.15, 0.2) is 30.3 Å². The first-order chi connectivity index (χ1) is 11.2. The zero-order valence-corrected chi connectivity index (χ0v) is 15.4. The summed E-state index contributed by atoms with van der Waals surface area (Å²) in [6.45, 7) is 4.02. The molecule has 2 N–H and O–H groups in total. The lowest BCUT2D eigenvalue weighted by Gasteiger charge is -2.41. The van der Waals surface area contributed by atoms with Crippen molar-refractivity contribution in [1.82, 2.24) is 14.9 Å². The monoisotopic (exact) mass is 353 g/mol. The number of carbonyl (C=O) groups is 1. The minimum Gasteiger partial charge on any atom is -0.354 e. The van der Waals surface area contributed by atoms with Gasteiger partial charge >= 0.3 is 0 Å². The van der Waals surface area contributed by atoms with Crippen LogP contribution in [0.2, 0.25) is 0 Å². The predicted molar refractivity (Wildman–Crippen MR) is 95.3 cm³/mol. The molecule has 1 aliphatic heterocycles. The van der Waals surface area contributed by atoms with Gasteiger partial charge in [-0.25, -0.2) is 13.1 Å². The number of hydrogen-bond donors (Lipinski definition) is 2. The fourth-order valence-electron chi connectivity index (χ4n) is 3.19. The van der Waals surface area contributed by atoms with Crippen molar-refractivity contribution in [3.63, 3.8) is 0 Å². The molecule has 0 aliphatic carbocycles. The van der Waals surface area contributed by atoms with E-state index in [1.165, 1.54) is 5.56 Å².